The summed E-state index contributed by atoms with van der Waals surface area (Å²) in [6.07, 6.45) is 2.80. The lowest BCUT2D eigenvalue weighted by atomic mass is 10.00. The molecule has 0 aliphatic carbocycles. The lowest BCUT2D eigenvalue weighted by Gasteiger charge is -2.18. The summed E-state index contributed by atoms with van der Waals surface area (Å²) in [4.78, 5) is 0. The Balaban J connectivity index is 2.47. The largest absolute Gasteiger partial charge is 0.392 e. The zero-order valence-electron chi connectivity index (χ0n) is 10.00. The Morgan fingerprint density at radius 1 is 1.24 bits per heavy atom. The molecule has 2 nitrogen and oxygen atoms in total. The van der Waals surface area contributed by atoms with Gasteiger partial charge in [0.1, 0.15) is 0 Å². The number of hydrogen-bond acceptors (Lipinski definition) is 2. The maximum Gasteiger partial charge on any atom is 0.0694 e. The van der Waals surface area contributed by atoms with Gasteiger partial charge < -0.3 is 10.8 Å². The average Bonchev–Trinajstić information content (AvgIpc) is 2.30. The molecular weight excluding hydrogens is 257 g/mol. The fourth-order valence-corrected chi connectivity index (χ4v) is 2.07. The van der Waals surface area contributed by atoms with Crippen LogP contribution in [0, 0.1) is 0 Å². The van der Waals surface area contributed by atoms with Gasteiger partial charge in [-0.1, -0.05) is 42.6 Å². The van der Waals surface area contributed by atoms with E-state index in [1.54, 1.807) is 6.07 Å². The molecule has 3 N–H and O–H groups in total. The van der Waals surface area contributed by atoms with Crippen LogP contribution in [0.25, 0.3) is 0 Å². The van der Waals surface area contributed by atoms with Gasteiger partial charge in [-0.15, -0.1) is 0 Å². The van der Waals surface area contributed by atoms with E-state index in [4.69, 9.17) is 28.9 Å². The summed E-state index contributed by atoms with van der Waals surface area (Å²) in [7, 11) is 0. The van der Waals surface area contributed by atoms with Gasteiger partial charge in [0.15, 0.2) is 0 Å². The molecule has 0 heterocycles. The van der Waals surface area contributed by atoms with Crippen molar-refractivity contribution in [3.63, 3.8) is 0 Å². The van der Waals surface area contributed by atoms with E-state index < -0.39 is 6.10 Å². The molecule has 0 aliphatic rings. The number of hydrogen-bond donors (Lipinski definition) is 2. The highest BCUT2D eigenvalue weighted by Gasteiger charge is 2.13. The van der Waals surface area contributed by atoms with Crippen LogP contribution in [0.15, 0.2) is 18.2 Å². The fourth-order valence-electron chi connectivity index (χ4n) is 1.75. The Morgan fingerprint density at radius 3 is 2.53 bits per heavy atom. The zero-order valence-corrected chi connectivity index (χ0v) is 11.5. The van der Waals surface area contributed by atoms with Gasteiger partial charge in [-0.25, -0.2) is 0 Å². The Kier molecular flexibility index (Phi) is 6.28. The molecule has 0 fully saturated rings. The van der Waals surface area contributed by atoms with Crippen molar-refractivity contribution in [1.82, 2.24) is 0 Å². The van der Waals surface area contributed by atoms with E-state index in [1.165, 1.54) is 0 Å². The van der Waals surface area contributed by atoms with Gasteiger partial charge in [0.2, 0.25) is 0 Å². The molecule has 0 aliphatic heterocycles. The second-order valence-electron chi connectivity index (χ2n) is 4.31. The number of nitrogens with two attached hydrogens (primary N) is 1. The zero-order chi connectivity index (χ0) is 12.8. The van der Waals surface area contributed by atoms with Crippen molar-refractivity contribution in [2.75, 3.05) is 0 Å². The SMILES string of the molecule is CCCC(N)C(O)CCc1ccc(Cl)c(Cl)c1. The van der Waals surface area contributed by atoms with Gasteiger partial charge in [0, 0.05) is 6.04 Å². The molecular formula is C13H19Cl2NO. The molecule has 0 saturated heterocycles. The molecule has 0 bridgehead atoms. The molecule has 2 unspecified atom stereocenters. The van der Waals surface area contributed by atoms with Crippen LogP contribution in [0.4, 0.5) is 0 Å². The summed E-state index contributed by atoms with van der Waals surface area (Å²) in [5, 5.41) is 11.0. The van der Waals surface area contributed by atoms with Gasteiger partial charge in [0.05, 0.1) is 16.1 Å². The van der Waals surface area contributed by atoms with E-state index in [2.05, 4.69) is 6.92 Å². The number of aliphatic hydroxyl groups is 1. The smallest absolute Gasteiger partial charge is 0.0694 e. The van der Waals surface area contributed by atoms with Crippen molar-refractivity contribution in [2.45, 2.75) is 44.8 Å². The fraction of sp³-hybridized carbons (Fsp3) is 0.538. The summed E-state index contributed by atoms with van der Waals surface area (Å²) >= 11 is 11.8. The maximum atomic E-state index is 9.85. The minimum atomic E-state index is -0.454. The third-order valence-electron chi connectivity index (χ3n) is 2.83. The van der Waals surface area contributed by atoms with Crippen molar-refractivity contribution in [1.29, 1.82) is 0 Å². The van der Waals surface area contributed by atoms with Crippen molar-refractivity contribution in [3.8, 4) is 0 Å². The first-order valence-corrected chi connectivity index (χ1v) is 6.67. The second-order valence-corrected chi connectivity index (χ2v) is 5.12. The molecule has 17 heavy (non-hydrogen) atoms. The van der Waals surface area contributed by atoms with E-state index in [0.717, 1.165) is 24.8 Å². The van der Waals surface area contributed by atoms with Crippen LogP contribution in [0.3, 0.4) is 0 Å². The van der Waals surface area contributed by atoms with Crippen LogP contribution in [-0.2, 0) is 6.42 Å². The maximum absolute atomic E-state index is 9.85. The Labute approximate surface area is 113 Å². The number of benzene rings is 1. The van der Waals surface area contributed by atoms with Gasteiger partial charge >= 0.3 is 0 Å². The summed E-state index contributed by atoms with van der Waals surface area (Å²) in [5.41, 5.74) is 6.92. The monoisotopic (exact) mass is 275 g/mol. The molecule has 0 amide bonds. The van der Waals surface area contributed by atoms with E-state index in [-0.39, 0.29) is 6.04 Å². The van der Waals surface area contributed by atoms with E-state index in [9.17, 15) is 5.11 Å². The van der Waals surface area contributed by atoms with Crippen LogP contribution in [0.2, 0.25) is 10.0 Å². The summed E-state index contributed by atoms with van der Waals surface area (Å²) in [5.74, 6) is 0. The highest BCUT2D eigenvalue weighted by atomic mass is 35.5. The molecule has 4 heteroatoms. The van der Waals surface area contributed by atoms with E-state index >= 15 is 0 Å². The van der Waals surface area contributed by atoms with Crippen molar-refractivity contribution < 1.29 is 5.11 Å². The van der Waals surface area contributed by atoms with Gasteiger partial charge in [-0.2, -0.15) is 0 Å². The topological polar surface area (TPSA) is 46.2 Å². The predicted molar refractivity (Wildman–Crippen MR) is 73.7 cm³/mol. The lowest BCUT2D eigenvalue weighted by molar-refractivity contribution is 0.131. The van der Waals surface area contributed by atoms with E-state index in [1.807, 2.05) is 12.1 Å². The van der Waals surface area contributed by atoms with Crippen LogP contribution < -0.4 is 5.73 Å². The lowest BCUT2D eigenvalue weighted by Crippen LogP contribution is -2.34. The Bertz CT molecular complexity index is 357. The number of aryl methyl sites for hydroxylation is 1. The van der Waals surface area contributed by atoms with Crippen LogP contribution >= 0.6 is 23.2 Å². The predicted octanol–water partition coefficient (Wildman–Crippen LogP) is 3.41. The molecule has 96 valence electrons. The van der Waals surface area contributed by atoms with Crippen LogP contribution in [0.5, 0.6) is 0 Å². The molecule has 1 aromatic carbocycles. The third kappa shape index (κ3) is 4.84. The first-order chi connectivity index (χ1) is 8.04. The standard InChI is InChI=1S/C13H19Cl2NO/c1-2-3-12(16)13(17)7-5-9-4-6-10(14)11(15)8-9/h4,6,8,12-13,17H,2-3,5,7,16H2,1H3. The second kappa shape index (κ2) is 7.22. The Hall–Kier alpha value is -0.280. The highest BCUT2D eigenvalue weighted by molar-refractivity contribution is 6.42. The summed E-state index contributed by atoms with van der Waals surface area (Å²) in [6.45, 7) is 2.06. The Morgan fingerprint density at radius 2 is 1.94 bits per heavy atom. The number of aliphatic hydroxyl groups excluding tert-OH is 1. The van der Waals surface area contributed by atoms with Crippen molar-refractivity contribution in [2.24, 2.45) is 5.73 Å². The number of rotatable bonds is 6. The minimum absolute atomic E-state index is 0.136. The van der Waals surface area contributed by atoms with E-state index in [0.29, 0.717) is 16.5 Å². The normalized spacial score (nSPS) is 14.6. The molecule has 0 aromatic heterocycles. The van der Waals surface area contributed by atoms with Crippen LogP contribution in [-0.4, -0.2) is 17.3 Å². The molecule has 0 saturated carbocycles. The molecule has 0 radical (unpaired) electrons. The van der Waals surface area contributed by atoms with Crippen molar-refractivity contribution in [3.05, 3.63) is 33.8 Å². The van der Waals surface area contributed by atoms with Gasteiger partial charge in [-0.05, 0) is 37.0 Å². The molecule has 1 rings (SSSR count). The quantitative estimate of drug-likeness (QED) is 0.836. The number of halogens is 2. The average molecular weight is 276 g/mol. The van der Waals surface area contributed by atoms with Gasteiger partial charge in [0.25, 0.3) is 0 Å². The third-order valence-corrected chi connectivity index (χ3v) is 3.57. The first-order valence-electron chi connectivity index (χ1n) is 5.92. The minimum Gasteiger partial charge on any atom is -0.392 e. The van der Waals surface area contributed by atoms with Crippen molar-refractivity contribution >= 4 is 23.2 Å². The molecule has 2 atom stereocenters. The summed E-state index contributed by atoms with van der Waals surface area (Å²) in [6, 6.07) is 5.40. The summed E-state index contributed by atoms with van der Waals surface area (Å²) < 4.78 is 0. The highest BCUT2D eigenvalue weighted by Crippen LogP contribution is 2.23. The first kappa shape index (κ1) is 14.8. The van der Waals surface area contributed by atoms with Gasteiger partial charge in [-0.3, -0.25) is 0 Å². The molecule has 1 aromatic rings. The molecule has 0 spiro atoms. The van der Waals surface area contributed by atoms with Crippen LogP contribution in [0.1, 0.15) is 31.7 Å².